The Morgan fingerprint density at radius 3 is 2.68 bits per heavy atom. The normalized spacial score (nSPS) is 24.1. The van der Waals surface area contributed by atoms with Gasteiger partial charge >= 0.3 is 5.97 Å². The molecule has 0 saturated heterocycles. The summed E-state index contributed by atoms with van der Waals surface area (Å²) in [5, 5.41) is 18.3. The maximum Gasteiger partial charge on any atom is 0.307 e. The predicted molar refractivity (Wildman–Crippen MR) is 73.6 cm³/mol. The van der Waals surface area contributed by atoms with Crippen molar-refractivity contribution in [2.75, 3.05) is 0 Å². The number of nitrogens with zero attached hydrogens (tertiary/aromatic N) is 1. The highest BCUT2D eigenvalue weighted by atomic mass is 35.5. The van der Waals surface area contributed by atoms with Gasteiger partial charge in [0.15, 0.2) is 0 Å². The summed E-state index contributed by atoms with van der Waals surface area (Å²) in [6.45, 7) is 3.90. The van der Waals surface area contributed by atoms with Crippen LogP contribution < -0.4 is 0 Å². The van der Waals surface area contributed by atoms with Crippen molar-refractivity contribution in [3.05, 3.63) is 40.4 Å². The number of carbonyl (C=O) groups is 1. The minimum Gasteiger partial charge on any atom is -0.481 e. The van der Waals surface area contributed by atoms with E-state index < -0.39 is 5.97 Å². The van der Waals surface area contributed by atoms with E-state index in [1.54, 1.807) is 18.2 Å². The summed E-state index contributed by atoms with van der Waals surface area (Å²) in [7, 11) is 0. The minimum atomic E-state index is -0.752. The Balaban J connectivity index is 2.15. The van der Waals surface area contributed by atoms with Gasteiger partial charge in [-0.2, -0.15) is 5.26 Å². The average molecular weight is 276 g/mol. The fraction of sp³-hybridized carbons (Fsp3) is 0.333. The number of carboxylic acids is 1. The van der Waals surface area contributed by atoms with Crippen molar-refractivity contribution < 1.29 is 9.90 Å². The molecular formula is C15H14ClNO2. The van der Waals surface area contributed by atoms with Crippen LogP contribution in [-0.2, 0) is 4.79 Å². The molecule has 19 heavy (non-hydrogen) atoms. The molecule has 0 spiro atoms. The van der Waals surface area contributed by atoms with Crippen LogP contribution in [0.1, 0.15) is 25.0 Å². The Morgan fingerprint density at radius 2 is 2.21 bits per heavy atom. The quantitative estimate of drug-likeness (QED) is 0.917. The molecule has 0 radical (unpaired) electrons. The van der Waals surface area contributed by atoms with Gasteiger partial charge in [0.25, 0.3) is 0 Å². The van der Waals surface area contributed by atoms with E-state index in [4.69, 9.17) is 22.0 Å². The van der Waals surface area contributed by atoms with E-state index in [9.17, 15) is 4.79 Å². The second-order valence-electron chi connectivity index (χ2n) is 5.37. The molecular weight excluding hydrogens is 262 g/mol. The first-order chi connectivity index (χ1) is 8.87. The Labute approximate surface area is 117 Å². The summed E-state index contributed by atoms with van der Waals surface area (Å²) in [5.74, 6) is -1.03. The average Bonchev–Trinajstić information content (AvgIpc) is 2.89. The number of nitriles is 1. The van der Waals surface area contributed by atoms with Crippen LogP contribution in [0.2, 0.25) is 5.02 Å². The zero-order chi connectivity index (χ0) is 14.2. The SMILES string of the molecule is CC1(C)C(C=Cc2ccc(C#N)c(Cl)c2)C1C(=O)O. The van der Waals surface area contributed by atoms with Crippen molar-refractivity contribution in [3.63, 3.8) is 0 Å². The number of benzene rings is 1. The van der Waals surface area contributed by atoms with Crippen LogP contribution in [0, 0.1) is 28.6 Å². The first-order valence-electron chi connectivity index (χ1n) is 5.98. The Morgan fingerprint density at radius 1 is 1.53 bits per heavy atom. The molecule has 2 atom stereocenters. The fourth-order valence-corrected chi connectivity index (χ4v) is 2.68. The summed E-state index contributed by atoms with van der Waals surface area (Å²) < 4.78 is 0. The van der Waals surface area contributed by atoms with Gasteiger partial charge in [-0.15, -0.1) is 0 Å². The molecule has 1 saturated carbocycles. The van der Waals surface area contributed by atoms with Crippen molar-refractivity contribution in [2.24, 2.45) is 17.3 Å². The number of hydrogen-bond acceptors (Lipinski definition) is 2. The third kappa shape index (κ3) is 2.50. The molecule has 2 unspecified atom stereocenters. The third-order valence-corrected chi connectivity index (χ3v) is 4.10. The van der Waals surface area contributed by atoms with Gasteiger partial charge in [0, 0.05) is 0 Å². The van der Waals surface area contributed by atoms with Crippen LogP contribution in [0.3, 0.4) is 0 Å². The lowest BCUT2D eigenvalue weighted by molar-refractivity contribution is -0.139. The molecule has 1 aromatic carbocycles. The van der Waals surface area contributed by atoms with Gasteiger partial charge in [0.2, 0.25) is 0 Å². The molecule has 1 N–H and O–H groups in total. The van der Waals surface area contributed by atoms with Crippen LogP contribution >= 0.6 is 11.6 Å². The van der Waals surface area contributed by atoms with E-state index in [1.807, 2.05) is 32.1 Å². The Hall–Kier alpha value is -1.79. The summed E-state index contributed by atoms with van der Waals surface area (Å²) in [6, 6.07) is 7.17. The van der Waals surface area contributed by atoms with E-state index in [2.05, 4.69) is 0 Å². The first-order valence-corrected chi connectivity index (χ1v) is 6.36. The lowest BCUT2D eigenvalue weighted by Gasteiger charge is -1.98. The zero-order valence-corrected chi connectivity index (χ0v) is 11.5. The van der Waals surface area contributed by atoms with Crippen molar-refractivity contribution >= 4 is 23.6 Å². The molecule has 0 aromatic heterocycles. The number of aliphatic carboxylic acids is 1. The van der Waals surface area contributed by atoms with Crippen LogP contribution in [-0.4, -0.2) is 11.1 Å². The number of hydrogen-bond donors (Lipinski definition) is 1. The van der Waals surface area contributed by atoms with Gasteiger partial charge in [-0.05, 0) is 29.0 Å². The lowest BCUT2D eigenvalue weighted by Crippen LogP contribution is -2.02. The smallest absolute Gasteiger partial charge is 0.307 e. The van der Waals surface area contributed by atoms with Gasteiger partial charge in [-0.3, -0.25) is 4.79 Å². The summed E-state index contributed by atoms with van der Waals surface area (Å²) in [6.07, 6.45) is 3.78. The van der Waals surface area contributed by atoms with E-state index >= 15 is 0 Å². The van der Waals surface area contributed by atoms with Crippen molar-refractivity contribution in [1.29, 1.82) is 5.26 Å². The molecule has 98 valence electrons. The molecule has 2 rings (SSSR count). The van der Waals surface area contributed by atoms with Crippen LogP contribution in [0.25, 0.3) is 6.08 Å². The second-order valence-corrected chi connectivity index (χ2v) is 5.78. The van der Waals surface area contributed by atoms with Crippen molar-refractivity contribution in [2.45, 2.75) is 13.8 Å². The molecule has 4 heteroatoms. The van der Waals surface area contributed by atoms with E-state index in [1.165, 1.54) is 0 Å². The highest BCUT2D eigenvalue weighted by Crippen LogP contribution is 2.59. The van der Waals surface area contributed by atoms with Gasteiger partial charge < -0.3 is 5.11 Å². The Kier molecular flexibility index (Phi) is 3.38. The zero-order valence-electron chi connectivity index (χ0n) is 10.7. The third-order valence-electron chi connectivity index (χ3n) is 3.79. The molecule has 3 nitrogen and oxygen atoms in total. The molecule has 0 amide bonds. The van der Waals surface area contributed by atoms with Crippen LogP contribution in [0.15, 0.2) is 24.3 Å². The molecule has 0 aliphatic heterocycles. The number of halogens is 1. The summed E-state index contributed by atoms with van der Waals surface area (Å²) in [5.41, 5.74) is 1.11. The number of rotatable bonds is 3. The molecule has 1 aliphatic rings. The highest BCUT2D eigenvalue weighted by Gasteiger charge is 2.60. The van der Waals surface area contributed by atoms with E-state index in [0.29, 0.717) is 10.6 Å². The van der Waals surface area contributed by atoms with Crippen LogP contribution in [0.4, 0.5) is 0 Å². The lowest BCUT2D eigenvalue weighted by atomic mass is 10.1. The highest BCUT2D eigenvalue weighted by molar-refractivity contribution is 6.31. The maximum atomic E-state index is 11.0. The van der Waals surface area contributed by atoms with E-state index in [-0.39, 0.29) is 17.3 Å². The van der Waals surface area contributed by atoms with Crippen LogP contribution in [0.5, 0.6) is 0 Å². The molecule has 1 aliphatic carbocycles. The summed E-state index contributed by atoms with van der Waals surface area (Å²) in [4.78, 5) is 11.0. The standard InChI is InChI=1S/C15H14ClNO2/c1-15(2)11(13(15)14(18)19)6-4-9-3-5-10(8-17)12(16)7-9/h3-7,11,13H,1-2H3,(H,18,19). The van der Waals surface area contributed by atoms with Gasteiger partial charge in [0.1, 0.15) is 6.07 Å². The second kappa shape index (κ2) is 4.71. The van der Waals surface area contributed by atoms with Crippen molar-refractivity contribution in [1.82, 2.24) is 0 Å². The van der Waals surface area contributed by atoms with E-state index in [0.717, 1.165) is 5.56 Å². The van der Waals surface area contributed by atoms with Gasteiger partial charge in [-0.25, -0.2) is 0 Å². The van der Waals surface area contributed by atoms with Gasteiger partial charge in [0.05, 0.1) is 16.5 Å². The molecule has 1 aromatic rings. The minimum absolute atomic E-state index is 0.0411. The topological polar surface area (TPSA) is 61.1 Å². The molecule has 0 bridgehead atoms. The fourth-order valence-electron chi connectivity index (χ4n) is 2.45. The van der Waals surface area contributed by atoms with Crippen molar-refractivity contribution in [3.8, 4) is 6.07 Å². The van der Waals surface area contributed by atoms with Gasteiger partial charge in [-0.1, -0.05) is 43.7 Å². The Bertz CT molecular complexity index is 599. The summed E-state index contributed by atoms with van der Waals surface area (Å²) >= 11 is 5.95. The number of carboxylic acid groups (broad SMARTS) is 1. The monoisotopic (exact) mass is 275 g/mol. The molecule has 1 fully saturated rings. The molecule has 0 heterocycles. The number of allylic oxidation sites excluding steroid dienone is 1. The predicted octanol–water partition coefficient (Wildman–Crippen LogP) is 3.58. The maximum absolute atomic E-state index is 11.0. The largest absolute Gasteiger partial charge is 0.481 e. The first kappa shape index (κ1) is 13.6.